The lowest BCUT2D eigenvalue weighted by Crippen LogP contribution is -2.41. The van der Waals surface area contributed by atoms with E-state index in [9.17, 15) is 9.59 Å². The van der Waals surface area contributed by atoms with Crippen LogP contribution in [0.2, 0.25) is 0 Å². The van der Waals surface area contributed by atoms with E-state index in [1.807, 2.05) is 0 Å². The Labute approximate surface area is 183 Å². The molecule has 1 aromatic carbocycles. The van der Waals surface area contributed by atoms with Crippen molar-refractivity contribution in [2.45, 2.75) is 58.0 Å². The zero-order valence-corrected chi connectivity index (χ0v) is 18.3. The van der Waals surface area contributed by atoms with Gasteiger partial charge >= 0.3 is 11.9 Å². The summed E-state index contributed by atoms with van der Waals surface area (Å²) in [5.74, 6) is -1.06. The number of hydrogen-bond donors (Lipinski definition) is 3. The quantitative estimate of drug-likeness (QED) is 0.648. The topological polar surface area (TPSA) is 108 Å². The number of hydrogen-bond acceptors (Lipinski definition) is 6. The number of benzene rings is 1. The molecule has 3 aliphatic heterocycles. The Morgan fingerprint density at radius 3 is 2.55 bits per heavy atom. The molecule has 0 aromatic heterocycles. The first kappa shape index (κ1) is 23.3. The molecule has 1 saturated heterocycles. The van der Waals surface area contributed by atoms with Crippen LogP contribution in [0.25, 0.3) is 0 Å². The average Bonchev–Trinajstić information content (AvgIpc) is 2.99. The first-order chi connectivity index (χ1) is 15.0. The van der Waals surface area contributed by atoms with E-state index >= 15 is 0 Å². The van der Waals surface area contributed by atoms with Gasteiger partial charge in [-0.15, -0.1) is 0 Å². The van der Waals surface area contributed by atoms with Gasteiger partial charge in [0.2, 0.25) is 0 Å². The fourth-order valence-corrected chi connectivity index (χ4v) is 4.49. The molecule has 0 spiro atoms. The number of carboxylic acids is 2. The monoisotopic (exact) mass is 434 g/mol. The zero-order chi connectivity index (χ0) is 22.2. The fourth-order valence-electron chi connectivity index (χ4n) is 4.49. The molecule has 3 N–H and O–H groups in total. The molecule has 31 heavy (non-hydrogen) atoms. The predicted octanol–water partition coefficient (Wildman–Crippen LogP) is 2.39. The molecule has 3 aliphatic rings. The fraction of sp³-hybridized carbons (Fsp3) is 0.652. The van der Waals surface area contributed by atoms with E-state index < -0.39 is 11.9 Å². The smallest absolute Gasteiger partial charge is 0.303 e. The minimum absolute atomic E-state index is 0.296. The van der Waals surface area contributed by atoms with Crippen molar-refractivity contribution < 1.29 is 29.3 Å². The van der Waals surface area contributed by atoms with Crippen molar-refractivity contribution in [3.05, 3.63) is 22.8 Å². The van der Waals surface area contributed by atoms with Crippen LogP contribution >= 0.6 is 0 Å². The van der Waals surface area contributed by atoms with Crippen molar-refractivity contribution in [3.8, 4) is 5.75 Å². The minimum Gasteiger partial charge on any atom is -0.490 e. The summed E-state index contributed by atoms with van der Waals surface area (Å²) in [5, 5.41) is 19.3. The third kappa shape index (κ3) is 6.58. The van der Waals surface area contributed by atoms with Crippen molar-refractivity contribution in [1.29, 1.82) is 0 Å². The number of ether oxygens (including phenoxy) is 2. The molecule has 1 aromatic rings. The maximum Gasteiger partial charge on any atom is 0.303 e. The first-order valence-electron chi connectivity index (χ1n) is 11.2. The molecule has 0 saturated carbocycles. The summed E-state index contributed by atoms with van der Waals surface area (Å²) in [4.78, 5) is 21.8. The second-order valence-corrected chi connectivity index (χ2v) is 8.31. The summed E-state index contributed by atoms with van der Waals surface area (Å²) < 4.78 is 12.0. The average molecular weight is 435 g/mol. The summed E-state index contributed by atoms with van der Waals surface area (Å²) in [6, 6.07) is 2.30. The zero-order valence-electron chi connectivity index (χ0n) is 18.3. The Hall–Kier alpha value is -2.32. The van der Waals surface area contributed by atoms with Crippen LogP contribution in [0.4, 0.5) is 5.69 Å². The molecule has 0 bridgehead atoms. The second-order valence-electron chi connectivity index (χ2n) is 8.31. The Balaban J connectivity index is 0.000000293. The van der Waals surface area contributed by atoms with E-state index in [1.165, 1.54) is 41.6 Å². The highest BCUT2D eigenvalue weighted by Crippen LogP contribution is 2.39. The third-order valence-electron chi connectivity index (χ3n) is 6.04. The van der Waals surface area contributed by atoms with Crippen molar-refractivity contribution >= 4 is 17.6 Å². The van der Waals surface area contributed by atoms with Crippen molar-refractivity contribution in [3.63, 3.8) is 0 Å². The molecule has 0 aliphatic carbocycles. The summed E-state index contributed by atoms with van der Waals surface area (Å²) in [5.41, 5.74) is 5.76. The van der Waals surface area contributed by atoms with Crippen molar-refractivity contribution in [2.75, 3.05) is 44.3 Å². The number of carbonyl (C=O) groups is 2. The Kier molecular flexibility index (Phi) is 8.54. The standard InChI is InChI=1S/C19H28N2O2.C4H6O4/c1-14-17-6-8-20-7-5-15(17)12-18-19(14)21(9-11-23-18)13-16-4-2-3-10-22-16;5-3(6)1-2-4(7)8/h12,16,20H,2-11,13H2,1H3;1-2H2,(H,5,6)(H,7,8). The van der Waals surface area contributed by atoms with Crippen LogP contribution < -0.4 is 15.0 Å². The van der Waals surface area contributed by atoms with Gasteiger partial charge in [-0.05, 0) is 74.9 Å². The number of anilines is 1. The Morgan fingerprint density at radius 2 is 1.87 bits per heavy atom. The molecule has 8 nitrogen and oxygen atoms in total. The van der Waals surface area contributed by atoms with Crippen LogP contribution in [0, 0.1) is 6.92 Å². The van der Waals surface area contributed by atoms with E-state index in [1.54, 1.807) is 0 Å². The maximum absolute atomic E-state index is 9.64. The number of fused-ring (bicyclic) bond motifs is 2. The minimum atomic E-state index is -1.08. The maximum atomic E-state index is 9.64. The normalized spacial score (nSPS) is 20.3. The Morgan fingerprint density at radius 1 is 1.13 bits per heavy atom. The van der Waals surface area contributed by atoms with Crippen LogP contribution in [-0.2, 0) is 27.2 Å². The van der Waals surface area contributed by atoms with Gasteiger partial charge in [-0.1, -0.05) is 0 Å². The first-order valence-corrected chi connectivity index (χ1v) is 11.2. The molecule has 1 fully saturated rings. The van der Waals surface area contributed by atoms with Gasteiger partial charge in [-0.2, -0.15) is 0 Å². The van der Waals surface area contributed by atoms with Crippen LogP contribution in [0.3, 0.4) is 0 Å². The summed E-state index contributed by atoms with van der Waals surface area (Å²) in [7, 11) is 0. The highest BCUT2D eigenvalue weighted by molar-refractivity contribution is 5.75. The number of nitrogens with one attached hydrogen (secondary N) is 1. The van der Waals surface area contributed by atoms with Crippen molar-refractivity contribution in [1.82, 2.24) is 5.32 Å². The molecule has 8 heteroatoms. The van der Waals surface area contributed by atoms with E-state index in [0.29, 0.717) is 6.10 Å². The van der Waals surface area contributed by atoms with Crippen LogP contribution in [0.1, 0.15) is 48.8 Å². The highest BCUT2D eigenvalue weighted by Gasteiger charge is 2.27. The van der Waals surface area contributed by atoms with E-state index in [-0.39, 0.29) is 12.8 Å². The molecule has 172 valence electrons. The number of nitrogens with zero attached hydrogens (tertiary/aromatic N) is 1. The molecule has 0 radical (unpaired) electrons. The lowest BCUT2D eigenvalue weighted by atomic mass is 9.94. The molecular weight excluding hydrogens is 400 g/mol. The molecule has 1 atom stereocenters. The predicted molar refractivity (Wildman–Crippen MR) is 117 cm³/mol. The van der Waals surface area contributed by atoms with E-state index in [2.05, 4.69) is 23.2 Å². The number of aliphatic carboxylic acids is 2. The lowest BCUT2D eigenvalue weighted by Gasteiger charge is -2.37. The van der Waals surface area contributed by atoms with Crippen LogP contribution in [-0.4, -0.2) is 67.6 Å². The molecule has 3 heterocycles. The van der Waals surface area contributed by atoms with Gasteiger partial charge in [0.05, 0.1) is 31.2 Å². The molecular formula is C23H34N2O6. The van der Waals surface area contributed by atoms with Gasteiger partial charge in [0.1, 0.15) is 12.4 Å². The lowest BCUT2D eigenvalue weighted by molar-refractivity contribution is -0.143. The van der Waals surface area contributed by atoms with Gasteiger partial charge in [-0.3, -0.25) is 9.59 Å². The van der Waals surface area contributed by atoms with Crippen molar-refractivity contribution in [2.24, 2.45) is 0 Å². The van der Waals surface area contributed by atoms with Crippen LogP contribution in [0.15, 0.2) is 6.07 Å². The van der Waals surface area contributed by atoms with Crippen LogP contribution in [0.5, 0.6) is 5.75 Å². The number of rotatable bonds is 5. The molecule has 4 rings (SSSR count). The third-order valence-corrected chi connectivity index (χ3v) is 6.04. The van der Waals surface area contributed by atoms with Gasteiger partial charge in [0.25, 0.3) is 0 Å². The Bertz CT molecular complexity index is 762. The van der Waals surface area contributed by atoms with Gasteiger partial charge < -0.3 is 29.9 Å². The number of carboxylic acid groups (broad SMARTS) is 2. The largest absolute Gasteiger partial charge is 0.490 e. The van der Waals surface area contributed by atoms with E-state index in [0.717, 1.165) is 58.0 Å². The highest BCUT2D eigenvalue weighted by atomic mass is 16.5. The molecule has 0 amide bonds. The van der Waals surface area contributed by atoms with Gasteiger partial charge in [0, 0.05) is 13.2 Å². The molecule has 1 unspecified atom stereocenters. The summed E-state index contributed by atoms with van der Waals surface area (Å²) in [6.07, 6.45) is 5.74. The second kappa shape index (κ2) is 11.3. The van der Waals surface area contributed by atoms with Gasteiger partial charge in [-0.25, -0.2) is 0 Å². The van der Waals surface area contributed by atoms with Gasteiger partial charge in [0.15, 0.2) is 0 Å². The summed E-state index contributed by atoms with van der Waals surface area (Å²) >= 11 is 0. The SMILES string of the molecule is Cc1c2c(cc3c1N(CC1CCCCO1)CCO3)CCNCC2.O=C(O)CCC(=O)O. The van der Waals surface area contributed by atoms with E-state index in [4.69, 9.17) is 19.7 Å². The summed E-state index contributed by atoms with van der Waals surface area (Å²) in [6.45, 7) is 8.14.